The van der Waals surface area contributed by atoms with Crippen molar-refractivity contribution in [2.24, 2.45) is 10.7 Å². The molecular formula is C16H12N6O3. The van der Waals surface area contributed by atoms with Crippen LogP contribution in [-0.4, -0.2) is 20.4 Å². The van der Waals surface area contributed by atoms with Gasteiger partial charge < -0.3 is 5.73 Å². The second-order valence-electron chi connectivity index (χ2n) is 5.49. The molecule has 1 aliphatic heterocycles. The van der Waals surface area contributed by atoms with E-state index in [1.165, 1.54) is 12.1 Å². The molecule has 0 amide bonds. The number of guanidine groups is 1. The summed E-state index contributed by atoms with van der Waals surface area (Å²) in [6.45, 7) is 0. The number of hydrogen-bond acceptors (Lipinski definition) is 7. The van der Waals surface area contributed by atoms with Crippen LogP contribution in [0.4, 0.5) is 11.6 Å². The Morgan fingerprint density at radius 3 is 2.80 bits per heavy atom. The number of para-hydroxylation sites is 1. The smallest absolute Gasteiger partial charge is 0.282 e. The summed E-state index contributed by atoms with van der Waals surface area (Å²) >= 11 is 0. The van der Waals surface area contributed by atoms with Gasteiger partial charge in [0.15, 0.2) is 12.1 Å². The fourth-order valence-electron chi connectivity index (χ4n) is 2.88. The van der Waals surface area contributed by atoms with E-state index in [1.54, 1.807) is 41.0 Å². The Balaban J connectivity index is 2.01. The van der Waals surface area contributed by atoms with Gasteiger partial charge in [0.05, 0.1) is 15.8 Å². The fourth-order valence-corrected chi connectivity index (χ4v) is 2.88. The lowest BCUT2D eigenvalue weighted by Crippen LogP contribution is -2.34. The van der Waals surface area contributed by atoms with E-state index in [9.17, 15) is 14.9 Å². The first-order chi connectivity index (χ1) is 12.0. The minimum atomic E-state index is -0.672. The van der Waals surface area contributed by atoms with Crippen molar-refractivity contribution in [2.45, 2.75) is 6.17 Å². The number of nitro groups is 1. The van der Waals surface area contributed by atoms with E-state index in [2.05, 4.69) is 15.3 Å². The summed E-state index contributed by atoms with van der Waals surface area (Å²) in [7, 11) is 0. The first kappa shape index (κ1) is 14.8. The van der Waals surface area contributed by atoms with Gasteiger partial charge in [0.1, 0.15) is 0 Å². The average molecular weight is 336 g/mol. The molecule has 0 unspecified atom stereocenters. The predicted molar refractivity (Wildman–Crippen MR) is 92.5 cm³/mol. The van der Waals surface area contributed by atoms with Gasteiger partial charge in [-0.25, -0.2) is 4.99 Å². The van der Waals surface area contributed by atoms with Gasteiger partial charge in [0, 0.05) is 17.7 Å². The van der Waals surface area contributed by atoms with Crippen LogP contribution in [0.5, 0.6) is 0 Å². The summed E-state index contributed by atoms with van der Waals surface area (Å²) in [5.74, 6) is 0.325. The lowest BCUT2D eigenvalue weighted by molar-refractivity contribution is -0.384. The molecule has 124 valence electrons. The van der Waals surface area contributed by atoms with Crippen molar-refractivity contribution in [3.8, 4) is 0 Å². The summed E-state index contributed by atoms with van der Waals surface area (Å²) in [6, 6.07) is 13.1. The van der Waals surface area contributed by atoms with E-state index in [0.29, 0.717) is 16.5 Å². The molecule has 0 saturated carbocycles. The molecule has 0 bridgehead atoms. The van der Waals surface area contributed by atoms with Crippen LogP contribution in [0.3, 0.4) is 0 Å². The summed E-state index contributed by atoms with van der Waals surface area (Å²) < 4.78 is 1.70. The van der Waals surface area contributed by atoms with Gasteiger partial charge >= 0.3 is 0 Å². The molecule has 4 rings (SSSR count). The van der Waals surface area contributed by atoms with Gasteiger partial charge in [-0.15, -0.1) is 0 Å². The summed E-state index contributed by atoms with van der Waals surface area (Å²) in [5.41, 5.74) is 6.55. The molecule has 3 N–H and O–H groups in total. The normalized spacial score (nSPS) is 16.0. The molecule has 0 radical (unpaired) electrons. The zero-order valence-electron chi connectivity index (χ0n) is 12.8. The molecule has 25 heavy (non-hydrogen) atoms. The van der Waals surface area contributed by atoms with Crippen LogP contribution >= 0.6 is 0 Å². The standard InChI is InChI=1S/C16H12N6O3/c17-15-18-13(9-4-3-5-10(8-9)22(24)25)21-12-7-2-1-6-11(12)14(23)19-16(21)20-15/h1-8,13H,(H3,17,18,19,20,23)/t13-/m1/s1. The number of anilines is 1. The van der Waals surface area contributed by atoms with E-state index < -0.39 is 11.1 Å². The highest BCUT2D eigenvalue weighted by Gasteiger charge is 2.25. The molecule has 3 aromatic rings. The van der Waals surface area contributed by atoms with E-state index >= 15 is 0 Å². The van der Waals surface area contributed by atoms with E-state index in [4.69, 9.17) is 5.73 Å². The number of nitrogens with zero attached hydrogens (tertiary/aromatic N) is 4. The van der Waals surface area contributed by atoms with Crippen LogP contribution in [0.2, 0.25) is 0 Å². The molecule has 0 saturated heterocycles. The number of non-ortho nitro benzene ring substituents is 1. The Morgan fingerprint density at radius 2 is 2.00 bits per heavy atom. The molecule has 9 nitrogen and oxygen atoms in total. The second-order valence-corrected chi connectivity index (χ2v) is 5.49. The van der Waals surface area contributed by atoms with E-state index in [1.807, 2.05) is 0 Å². The number of benzene rings is 2. The molecular weight excluding hydrogens is 324 g/mol. The summed E-state index contributed by atoms with van der Waals surface area (Å²) in [5, 5.41) is 14.3. The Bertz CT molecular complexity index is 1100. The van der Waals surface area contributed by atoms with Gasteiger partial charge in [-0.2, -0.15) is 4.98 Å². The molecule has 0 fully saturated rings. The predicted octanol–water partition coefficient (Wildman–Crippen LogP) is 1.59. The van der Waals surface area contributed by atoms with Crippen molar-refractivity contribution in [1.29, 1.82) is 0 Å². The van der Waals surface area contributed by atoms with Crippen LogP contribution in [0.15, 0.2) is 58.3 Å². The SMILES string of the molecule is NC1=N[C@@H](c2cccc([N+](=O)[O-])c2)n2c(nc(=O)c3ccccc32)N1. The highest BCUT2D eigenvalue weighted by Crippen LogP contribution is 2.31. The number of nitrogens with one attached hydrogen (secondary N) is 1. The third kappa shape index (κ3) is 2.38. The minimum absolute atomic E-state index is 0.0512. The van der Waals surface area contributed by atoms with Gasteiger partial charge in [-0.05, 0) is 12.1 Å². The molecule has 1 aliphatic rings. The maximum absolute atomic E-state index is 12.2. The highest BCUT2D eigenvalue weighted by molar-refractivity contribution is 5.93. The summed E-state index contributed by atoms with van der Waals surface area (Å²) in [4.78, 5) is 31.2. The number of nitro benzene ring substituents is 1. The number of fused-ring (bicyclic) bond motifs is 3. The number of aromatic nitrogens is 2. The monoisotopic (exact) mass is 336 g/mol. The van der Waals surface area contributed by atoms with E-state index in [-0.39, 0.29) is 23.2 Å². The van der Waals surface area contributed by atoms with Gasteiger partial charge in [0.2, 0.25) is 5.95 Å². The first-order valence-electron chi connectivity index (χ1n) is 7.40. The maximum atomic E-state index is 12.2. The van der Waals surface area contributed by atoms with Crippen molar-refractivity contribution < 1.29 is 4.92 Å². The average Bonchev–Trinajstić information content (AvgIpc) is 2.61. The minimum Gasteiger partial charge on any atom is -0.370 e. The zero-order valence-corrected chi connectivity index (χ0v) is 12.8. The number of aliphatic imine (C=N–C) groups is 1. The third-order valence-electron chi connectivity index (χ3n) is 3.95. The Morgan fingerprint density at radius 1 is 1.20 bits per heavy atom. The second kappa shape index (κ2) is 5.41. The third-order valence-corrected chi connectivity index (χ3v) is 3.95. The number of rotatable bonds is 2. The largest absolute Gasteiger partial charge is 0.370 e. The van der Waals surface area contributed by atoms with Gasteiger partial charge in [0.25, 0.3) is 11.2 Å². The van der Waals surface area contributed by atoms with E-state index in [0.717, 1.165) is 0 Å². The molecule has 1 atom stereocenters. The molecule has 2 heterocycles. The lowest BCUT2D eigenvalue weighted by atomic mass is 10.1. The molecule has 2 aromatic carbocycles. The summed E-state index contributed by atoms with van der Waals surface area (Å²) in [6.07, 6.45) is -0.672. The van der Waals surface area contributed by atoms with Crippen molar-refractivity contribution in [1.82, 2.24) is 9.55 Å². The van der Waals surface area contributed by atoms with Gasteiger partial charge in [-0.3, -0.25) is 24.8 Å². The lowest BCUT2D eigenvalue weighted by Gasteiger charge is -2.27. The van der Waals surface area contributed by atoms with Crippen molar-refractivity contribution in [2.75, 3.05) is 5.32 Å². The van der Waals surface area contributed by atoms with Crippen molar-refractivity contribution in [3.05, 3.63) is 74.6 Å². The topological polar surface area (TPSA) is 128 Å². The number of hydrogen-bond donors (Lipinski definition) is 2. The van der Waals surface area contributed by atoms with Crippen LogP contribution in [0.25, 0.3) is 10.9 Å². The van der Waals surface area contributed by atoms with Crippen LogP contribution < -0.4 is 16.6 Å². The molecule has 1 aromatic heterocycles. The molecule has 9 heteroatoms. The molecule has 0 aliphatic carbocycles. The fraction of sp³-hybridized carbons (Fsp3) is 0.0625. The maximum Gasteiger partial charge on any atom is 0.282 e. The number of nitrogens with two attached hydrogens (primary N) is 1. The first-order valence-corrected chi connectivity index (χ1v) is 7.40. The highest BCUT2D eigenvalue weighted by atomic mass is 16.6. The molecule has 0 spiro atoms. The van der Waals surface area contributed by atoms with Crippen LogP contribution in [0, 0.1) is 10.1 Å². The Labute approximate surface area is 140 Å². The Hall–Kier alpha value is -3.75. The quantitative estimate of drug-likeness (QED) is 0.540. The van der Waals surface area contributed by atoms with Gasteiger partial charge in [-0.1, -0.05) is 24.3 Å². The van der Waals surface area contributed by atoms with Crippen LogP contribution in [0.1, 0.15) is 11.7 Å². The Kier molecular flexibility index (Phi) is 3.21. The van der Waals surface area contributed by atoms with Crippen molar-refractivity contribution in [3.63, 3.8) is 0 Å². The van der Waals surface area contributed by atoms with Crippen LogP contribution in [-0.2, 0) is 0 Å². The zero-order chi connectivity index (χ0) is 17.6. The van der Waals surface area contributed by atoms with Crippen molar-refractivity contribution >= 4 is 28.5 Å².